The fraction of sp³-hybridized carbons (Fsp3) is 0.522. The predicted octanol–water partition coefficient (Wildman–Crippen LogP) is 4.07. The highest BCUT2D eigenvalue weighted by Gasteiger charge is 2.39. The van der Waals surface area contributed by atoms with Crippen molar-refractivity contribution < 1.29 is 9.53 Å². The van der Waals surface area contributed by atoms with Crippen molar-refractivity contribution in [2.45, 2.75) is 52.2 Å². The van der Waals surface area contributed by atoms with Gasteiger partial charge < -0.3 is 10.1 Å². The summed E-state index contributed by atoms with van der Waals surface area (Å²) in [6, 6.07) is 6.29. The lowest BCUT2D eigenvalue weighted by atomic mass is 9.76. The molecule has 1 aliphatic carbocycles. The third-order valence-corrected chi connectivity index (χ3v) is 6.06. The summed E-state index contributed by atoms with van der Waals surface area (Å²) in [7, 11) is 0. The van der Waals surface area contributed by atoms with Crippen molar-refractivity contribution in [3.05, 3.63) is 53.3 Å². The summed E-state index contributed by atoms with van der Waals surface area (Å²) >= 11 is 0. The van der Waals surface area contributed by atoms with Crippen LogP contribution < -0.4 is 10.1 Å². The molecule has 2 aliphatic heterocycles. The standard InChI is InChI=1S/C23H30N2O2/c1-15(2)27-22-9-7-18(13-16(22)3)23(26)24-19-8-6-17-10-12-25-11-4-5-21(25)20(17)14-19/h6-9,13-15,17,20-21H,4-5,10-12H2,1-3H3,(H,24,26). The summed E-state index contributed by atoms with van der Waals surface area (Å²) in [4.78, 5) is 15.4. The molecule has 1 aromatic carbocycles. The third-order valence-electron chi connectivity index (χ3n) is 6.06. The minimum Gasteiger partial charge on any atom is -0.491 e. The Morgan fingerprint density at radius 3 is 2.89 bits per heavy atom. The number of allylic oxidation sites excluding steroid dienone is 2. The molecule has 1 amide bonds. The first kappa shape index (κ1) is 18.3. The number of amides is 1. The summed E-state index contributed by atoms with van der Waals surface area (Å²) in [5, 5.41) is 3.11. The van der Waals surface area contributed by atoms with Crippen LogP contribution in [0.25, 0.3) is 0 Å². The molecular weight excluding hydrogens is 336 g/mol. The lowest BCUT2D eigenvalue weighted by Gasteiger charge is -2.41. The van der Waals surface area contributed by atoms with Crippen molar-refractivity contribution >= 4 is 5.91 Å². The van der Waals surface area contributed by atoms with Gasteiger partial charge in [0.25, 0.3) is 5.91 Å². The molecule has 0 spiro atoms. The largest absolute Gasteiger partial charge is 0.491 e. The Morgan fingerprint density at radius 2 is 2.11 bits per heavy atom. The van der Waals surface area contributed by atoms with Crippen LogP contribution in [0.5, 0.6) is 5.75 Å². The van der Waals surface area contributed by atoms with Gasteiger partial charge in [0.05, 0.1) is 6.10 Å². The minimum absolute atomic E-state index is 0.0531. The Hall–Kier alpha value is -2.07. The van der Waals surface area contributed by atoms with Crippen LogP contribution in [0.2, 0.25) is 0 Å². The number of hydrogen-bond donors (Lipinski definition) is 1. The number of rotatable bonds is 4. The molecule has 3 unspecified atom stereocenters. The van der Waals surface area contributed by atoms with E-state index in [1.165, 1.54) is 32.4 Å². The zero-order chi connectivity index (χ0) is 19.0. The summed E-state index contributed by atoms with van der Waals surface area (Å²) < 4.78 is 5.77. The van der Waals surface area contributed by atoms with E-state index in [2.05, 4.69) is 28.4 Å². The molecule has 27 heavy (non-hydrogen) atoms. The smallest absolute Gasteiger partial charge is 0.255 e. The molecule has 144 valence electrons. The number of benzene rings is 1. The molecule has 2 heterocycles. The molecule has 3 aliphatic rings. The summed E-state index contributed by atoms with van der Waals surface area (Å²) in [5.41, 5.74) is 2.60. The maximum atomic E-state index is 12.7. The molecule has 0 aromatic heterocycles. The van der Waals surface area contributed by atoms with Crippen molar-refractivity contribution in [3.63, 3.8) is 0 Å². The zero-order valence-corrected chi connectivity index (χ0v) is 16.6. The highest BCUT2D eigenvalue weighted by atomic mass is 16.5. The topological polar surface area (TPSA) is 41.6 Å². The van der Waals surface area contributed by atoms with Gasteiger partial charge in [-0.2, -0.15) is 0 Å². The highest BCUT2D eigenvalue weighted by molar-refractivity contribution is 5.96. The van der Waals surface area contributed by atoms with E-state index < -0.39 is 0 Å². The normalized spacial score (nSPS) is 27.1. The lowest BCUT2D eigenvalue weighted by molar-refractivity contribution is 0.0963. The second-order valence-corrected chi connectivity index (χ2v) is 8.36. The van der Waals surface area contributed by atoms with E-state index in [1.54, 1.807) is 0 Å². The molecule has 2 saturated heterocycles. The number of nitrogens with one attached hydrogen (secondary N) is 1. The Kier molecular flexibility index (Phi) is 5.09. The van der Waals surface area contributed by atoms with Crippen molar-refractivity contribution in [3.8, 4) is 5.75 Å². The van der Waals surface area contributed by atoms with Gasteiger partial charge in [-0.05, 0) is 88.9 Å². The number of hydrogen-bond acceptors (Lipinski definition) is 3. The Balaban J connectivity index is 1.46. The molecule has 4 heteroatoms. The second kappa shape index (κ2) is 7.51. The molecule has 4 rings (SSSR count). The van der Waals surface area contributed by atoms with Crippen molar-refractivity contribution in [1.82, 2.24) is 10.2 Å². The molecule has 2 fully saturated rings. The number of carbonyl (C=O) groups is 1. The van der Waals surface area contributed by atoms with Gasteiger partial charge in [0.2, 0.25) is 0 Å². The number of piperidine rings is 1. The first-order valence-electron chi connectivity index (χ1n) is 10.2. The van der Waals surface area contributed by atoms with E-state index in [9.17, 15) is 4.79 Å². The van der Waals surface area contributed by atoms with Gasteiger partial charge in [-0.15, -0.1) is 0 Å². The van der Waals surface area contributed by atoms with Crippen molar-refractivity contribution in [2.24, 2.45) is 11.8 Å². The van der Waals surface area contributed by atoms with Crippen LogP contribution in [-0.4, -0.2) is 36.0 Å². The molecule has 0 radical (unpaired) electrons. The van der Waals surface area contributed by atoms with Crippen molar-refractivity contribution in [2.75, 3.05) is 13.1 Å². The number of ether oxygens (including phenoxy) is 1. The van der Waals surface area contributed by atoms with Gasteiger partial charge in [-0.1, -0.05) is 12.2 Å². The van der Waals surface area contributed by atoms with Crippen LogP contribution in [0.1, 0.15) is 49.0 Å². The van der Waals surface area contributed by atoms with Crippen LogP contribution >= 0.6 is 0 Å². The van der Waals surface area contributed by atoms with Gasteiger partial charge in [0.1, 0.15) is 5.75 Å². The maximum absolute atomic E-state index is 12.7. The Bertz CT molecular complexity index is 781. The molecule has 4 nitrogen and oxygen atoms in total. The zero-order valence-electron chi connectivity index (χ0n) is 16.6. The predicted molar refractivity (Wildman–Crippen MR) is 108 cm³/mol. The summed E-state index contributed by atoms with van der Waals surface area (Å²) in [5.74, 6) is 1.94. The summed E-state index contributed by atoms with van der Waals surface area (Å²) in [6.45, 7) is 8.44. The molecule has 1 aromatic rings. The van der Waals surface area contributed by atoms with Gasteiger partial charge in [-0.25, -0.2) is 0 Å². The third kappa shape index (κ3) is 3.81. The monoisotopic (exact) mass is 366 g/mol. The van der Waals surface area contributed by atoms with E-state index in [1.807, 2.05) is 39.0 Å². The molecule has 0 bridgehead atoms. The number of fused-ring (bicyclic) bond motifs is 3. The molecular formula is C23H30N2O2. The van der Waals surface area contributed by atoms with Gasteiger partial charge >= 0.3 is 0 Å². The number of carbonyl (C=O) groups excluding carboxylic acids is 1. The van der Waals surface area contributed by atoms with E-state index in [4.69, 9.17) is 4.74 Å². The Morgan fingerprint density at radius 1 is 1.26 bits per heavy atom. The van der Waals surface area contributed by atoms with Crippen LogP contribution in [0.4, 0.5) is 0 Å². The summed E-state index contributed by atoms with van der Waals surface area (Å²) in [6.07, 6.45) is 10.6. The minimum atomic E-state index is -0.0531. The lowest BCUT2D eigenvalue weighted by Crippen LogP contribution is -2.45. The molecule has 0 saturated carbocycles. The quantitative estimate of drug-likeness (QED) is 0.873. The van der Waals surface area contributed by atoms with E-state index in [-0.39, 0.29) is 12.0 Å². The SMILES string of the molecule is Cc1cc(C(=O)NC2=CC3C(C=C2)CCN2CCCC32)ccc1OC(C)C. The van der Waals surface area contributed by atoms with E-state index >= 15 is 0 Å². The molecule has 3 atom stereocenters. The second-order valence-electron chi connectivity index (χ2n) is 8.36. The van der Waals surface area contributed by atoms with Crippen LogP contribution in [0.3, 0.4) is 0 Å². The van der Waals surface area contributed by atoms with E-state index in [0.29, 0.717) is 23.4 Å². The number of nitrogens with zero attached hydrogens (tertiary/aromatic N) is 1. The number of aryl methyl sites for hydroxylation is 1. The van der Waals surface area contributed by atoms with Crippen LogP contribution in [0, 0.1) is 18.8 Å². The van der Waals surface area contributed by atoms with Gasteiger partial charge in [0, 0.05) is 23.2 Å². The van der Waals surface area contributed by atoms with E-state index in [0.717, 1.165) is 17.0 Å². The average molecular weight is 367 g/mol. The van der Waals surface area contributed by atoms with Gasteiger partial charge in [-0.3, -0.25) is 9.69 Å². The fourth-order valence-electron chi connectivity index (χ4n) is 4.77. The highest BCUT2D eigenvalue weighted by Crippen LogP contribution is 2.39. The first-order valence-corrected chi connectivity index (χ1v) is 10.2. The van der Waals surface area contributed by atoms with Crippen LogP contribution in [0.15, 0.2) is 42.1 Å². The fourth-order valence-corrected chi connectivity index (χ4v) is 4.77. The first-order chi connectivity index (χ1) is 13.0. The van der Waals surface area contributed by atoms with Crippen molar-refractivity contribution in [1.29, 1.82) is 0 Å². The Labute approximate surface area is 162 Å². The van der Waals surface area contributed by atoms with Crippen LogP contribution in [-0.2, 0) is 0 Å². The van der Waals surface area contributed by atoms with Gasteiger partial charge in [0.15, 0.2) is 0 Å². The maximum Gasteiger partial charge on any atom is 0.255 e. The molecule has 1 N–H and O–H groups in total. The average Bonchev–Trinajstić information content (AvgIpc) is 3.12.